The highest BCUT2D eigenvalue weighted by Crippen LogP contribution is 2.27. The average molecular weight is 330 g/mol. The van der Waals surface area contributed by atoms with E-state index in [0.29, 0.717) is 16.1 Å². The second kappa shape index (κ2) is 5.29. The zero-order chi connectivity index (χ0) is 11.5. The Balaban J connectivity index is 1.86. The first-order valence-corrected chi connectivity index (χ1v) is 6.45. The van der Waals surface area contributed by atoms with Gasteiger partial charge in [-0.25, -0.2) is 0 Å². The molecule has 0 heterocycles. The highest BCUT2D eigenvalue weighted by Gasteiger charge is 2.22. The van der Waals surface area contributed by atoms with Gasteiger partial charge >= 0.3 is 0 Å². The maximum atomic E-state index is 9.47. The number of ether oxygens (including phenoxy) is 1. The Morgan fingerprint density at radius 2 is 2.00 bits per heavy atom. The van der Waals surface area contributed by atoms with Crippen molar-refractivity contribution in [2.24, 2.45) is 5.92 Å². The van der Waals surface area contributed by atoms with Gasteiger partial charge < -0.3 is 9.84 Å². The molecule has 0 saturated carbocycles. The molecule has 2 nitrogen and oxygen atoms in total. The van der Waals surface area contributed by atoms with Gasteiger partial charge in [-0.3, -0.25) is 0 Å². The molecule has 3 heteroatoms. The van der Waals surface area contributed by atoms with Gasteiger partial charge in [-0.2, -0.15) is 0 Å². The highest BCUT2D eigenvalue weighted by atomic mass is 127. The molecule has 0 fully saturated rings. The van der Waals surface area contributed by atoms with Crippen molar-refractivity contribution in [2.75, 3.05) is 6.61 Å². The summed E-state index contributed by atoms with van der Waals surface area (Å²) < 4.78 is 6.00. The van der Waals surface area contributed by atoms with Crippen LogP contribution in [-0.4, -0.2) is 18.0 Å². The Morgan fingerprint density at radius 1 is 1.44 bits per heavy atom. The number of benzene rings is 1. The summed E-state index contributed by atoms with van der Waals surface area (Å²) in [6.45, 7) is 4.25. The fraction of sp³-hybridized carbons (Fsp3) is 0.385. The lowest BCUT2D eigenvalue weighted by Crippen LogP contribution is -2.18. The molecular formula is C13H15IO2. The molecule has 86 valence electrons. The van der Waals surface area contributed by atoms with E-state index in [9.17, 15) is 5.11 Å². The molecule has 1 aliphatic carbocycles. The quantitative estimate of drug-likeness (QED) is 0.679. The Bertz CT molecular complexity index is 364. The van der Waals surface area contributed by atoms with E-state index < -0.39 is 6.29 Å². The van der Waals surface area contributed by atoms with E-state index in [1.165, 1.54) is 11.1 Å². The minimum Gasteiger partial charge on any atom is -0.364 e. The number of aliphatic hydroxyl groups excluding tert-OH is 1. The number of fused-ring (bicyclic) bond motifs is 1. The summed E-state index contributed by atoms with van der Waals surface area (Å²) >= 11 is 1.99. The Labute approximate surface area is 109 Å². The van der Waals surface area contributed by atoms with Crippen molar-refractivity contribution >= 4 is 22.6 Å². The predicted molar refractivity (Wildman–Crippen MR) is 72.5 cm³/mol. The molecule has 0 radical (unpaired) electrons. The van der Waals surface area contributed by atoms with E-state index in [1.54, 1.807) is 0 Å². The number of halogens is 1. The van der Waals surface area contributed by atoms with Crippen LogP contribution in [0.5, 0.6) is 0 Å². The molecule has 1 unspecified atom stereocenters. The lowest BCUT2D eigenvalue weighted by Gasteiger charge is -2.14. The monoisotopic (exact) mass is 330 g/mol. The van der Waals surface area contributed by atoms with Crippen molar-refractivity contribution in [1.29, 1.82) is 0 Å². The van der Waals surface area contributed by atoms with Crippen molar-refractivity contribution in [3.8, 4) is 0 Å². The molecule has 0 spiro atoms. The largest absolute Gasteiger partial charge is 0.364 e. The zero-order valence-electron chi connectivity index (χ0n) is 9.03. The van der Waals surface area contributed by atoms with Gasteiger partial charge in [-0.05, 0) is 52.5 Å². The van der Waals surface area contributed by atoms with Crippen molar-refractivity contribution < 1.29 is 9.84 Å². The van der Waals surface area contributed by atoms with Crippen LogP contribution in [0, 0.1) is 5.92 Å². The van der Waals surface area contributed by atoms with E-state index in [0.717, 1.165) is 12.8 Å². The van der Waals surface area contributed by atoms with Crippen LogP contribution in [0.15, 0.2) is 34.4 Å². The molecule has 0 amide bonds. The standard InChI is InChI=1S/C13H15IO2/c1-9(14)13(15)16-8-10-6-11-4-2-3-5-12(11)7-10/h2-5,10,13,15H,1,6-8H2. The lowest BCUT2D eigenvalue weighted by molar-refractivity contribution is -0.0764. The topological polar surface area (TPSA) is 29.5 Å². The van der Waals surface area contributed by atoms with Crippen LogP contribution in [0.1, 0.15) is 11.1 Å². The van der Waals surface area contributed by atoms with E-state index in [4.69, 9.17) is 4.74 Å². The van der Waals surface area contributed by atoms with E-state index in [-0.39, 0.29) is 0 Å². The van der Waals surface area contributed by atoms with Crippen molar-refractivity contribution in [3.63, 3.8) is 0 Å². The van der Waals surface area contributed by atoms with Gasteiger partial charge in [-0.15, -0.1) is 0 Å². The summed E-state index contributed by atoms with van der Waals surface area (Å²) in [7, 11) is 0. The normalized spacial score (nSPS) is 17.1. The smallest absolute Gasteiger partial charge is 0.186 e. The van der Waals surface area contributed by atoms with Crippen LogP contribution in [0.3, 0.4) is 0 Å². The second-order valence-corrected chi connectivity index (χ2v) is 5.56. The molecule has 0 aromatic heterocycles. The number of hydrogen-bond acceptors (Lipinski definition) is 2. The van der Waals surface area contributed by atoms with Gasteiger partial charge in [0.1, 0.15) is 0 Å². The lowest BCUT2D eigenvalue weighted by atomic mass is 10.1. The molecular weight excluding hydrogens is 315 g/mol. The summed E-state index contributed by atoms with van der Waals surface area (Å²) in [6, 6.07) is 8.49. The third-order valence-electron chi connectivity index (χ3n) is 2.89. The average Bonchev–Trinajstić information content (AvgIpc) is 2.68. The fourth-order valence-electron chi connectivity index (χ4n) is 2.09. The third-order valence-corrected chi connectivity index (χ3v) is 3.43. The molecule has 1 aromatic carbocycles. The molecule has 2 rings (SSSR count). The molecule has 0 bridgehead atoms. The van der Waals surface area contributed by atoms with Crippen LogP contribution in [-0.2, 0) is 17.6 Å². The van der Waals surface area contributed by atoms with Gasteiger partial charge in [0, 0.05) is 3.58 Å². The Hall–Kier alpha value is -0.390. The van der Waals surface area contributed by atoms with Crippen LogP contribution in [0.2, 0.25) is 0 Å². The van der Waals surface area contributed by atoms with Gasteiger partial charge in [-0.1, -0.05) is 30.8 Å². The van der Waals surface area contributed by atoms with Gasteiger partial charge in [0.2, 0.25) is 0 Å². The second-order valence-electron chi connectivity index (χ2n) is 4.18. The van der Waals surface area contributed by atoms with Crippen LogP contribution >= 0.6 is 22.6 Å². The number of aliphatic hydroxyl groups is 1. The summed E-state index contributed by atoms with van der Waals surface area (Å²) in [4.78, 5) is 0. The summed E-state index contributed by atoms with van der Waals surface area (Å²) in [6.07, 6.45) is 1.28. The number of rotatable bonds is 4. The molecule has 0 saturated heterocycles. The van der Waals surface area contributed by atoms with Crippen molar-refractivity contribution in [1.82, 2.24) is 0 Å². The van der Waals surface area contributed by atoms with Crippen molar-refractivity contribution in [3.05, 3.63) is 45.6 Å². The maximum Gasteiger partial charge on any atom is 0.186 e. The molecule has 1 N–H and O–H groups in total. The maximum absolute atomic E-state index is 9.47. The van der Waals surface area contributed by atoms with Gasteiger partial charge in [0.15, 0.2) is 6.29 Å². The van der Waals surface area contributed by atoms with E-state index in [2.05, 4.69) is 30.8 Å². The number of hydrogen-bond donors (Lipinski definition) is 1. The fourth-order valence-corrected chi connectivity index (χ4v) is 2.27. The first-order valence-electron chi connectivity index (χ1n) is 5.37. The molecule has 0 aliphatic heterocycles. The predicted octanol–water partition coefficient (Wildman–Crippen LogP) is 2.69. The summed E-state index contributed by atoms with van der Waals surface area (Å²) in [5.41, 5.74) is 2.83. The SMILES string of the molecule is C=C(I)C(O)OCC1Cc2ccccc2C1. The zero-order valence-corrected chi connectivity index (χ0v) is 11.2. The van der Waals surface area contributed by atoms with E-state index in [1.807, 2.05) is 22.6 Å². The Morgan fingerprint density at radius 3 is 2.50 bits per heavy atom. The van der Waals surface area contributed by atoms with Crippen LogP contribution in [0.4, 0.5) is 0 Å². The molecule has 1 aliphatic rings. The highest BCUT2D eigenvalue weighted by molar-refractivity contribution is 14.1. The van der Waals surface area contributed by atoms with Gasteiger partial charge in [0.25, 0.3) is 0 Å². The van der Waals surface area contributed by atoms with Crippen molar-refractivity contribution in [2.45, 2.75) is 19.1 Å². The third kappa shape index (κ3) is 2.84. The first-order chi connectivity index (χ1) is 7.66. The Kier molecular flexibility index (Phi) is 4.00. The molecule has 1 aromatic rings. The van der Waals surface area contributed by atoms with E-state index >= 15 is 0 Å². The van der Waals surface area contributed by atoms with Crippen LogP contribution < -0.4 is 0 Å². The first kappa shape index (κ1) is 12.1. The summed E-state index contributed by atoms with van der Waals surface area (Å²) in [5, 5.41) is 9.47. The van der Waals surface area contributed by atoms with Gasteiger partial charge in [0.05, 0.1) is 6.61 Å². The minimum absolute atomic E-state index is 0.489. The summed E-state index contributed by atoms with van der Waals surface area (Å²) in [5.74, 6) is 0.489. The molecule has 16 heavy (non-hydrogen) atoms. The minimum atomic E-state index is -0.829. The van der Waals surface area contributed by atoms with Crippen LogP contribution in [0.25, 0.3) is 0 Å². The molecule has 1 atom stereocenters.